The Labute approximate surface area is 108 Å². The lowest BCUT2D eigenvalue weighted by atomic mass is 10.4. The van der Waals surface area contributed by atoms with Crippen LogP contribution in [0.5, 0.6) is 0 Å². The number of rotatable bonds is 2. The molecule has 0 aromatic carbocycles. The van der Waals surface area contributed by atoms with Crippen molar-refractivity contribution in [1.29, 1.82) is 0 Å². The van der Waals surface area contributed by atoms with Crippen LogP contribution in [0.1, 0.15) is 12.1 Å². The monoisotopic (exact) mass is 281 g/mol. The van der Waals surface area contributed by atoms with Crippen molar-refractivity contribution in [3.8, 4) is 0 Å². The molecule has 2 heterocycles. The Morgan fingerprint density at radius 3 is 2.88 bits per heavy atom. The van der Waals surface area contributed by atoms with Crippen LogP contribution in [0.15, 0.2) is 11.2 Å². The van der Waals surface area contributed by atoms with E-state index in [2.05, 4.69) is 15.3 Å². The van der Waals surface area contributed by atoms with Crippen LogP contribution >= 0.6 is 24.0 Å². The molecule has 0 radical (unpaired) electrons. The van der Waals surface area contributed by atoms with E-state index < -0.39 is 10.8 Å². The molecule has 1 unspecified atom stereocenters. The van der Waals surface area contributed by atoms with Crippen LogP contribution in [0, 0.1) is 6.92 Å². The average molecular weight is 282 g/mol. The van der Waals surface area contributed by atoms with Gasteiger partial charge < -0.3 is 5.32 Å². The van der Waals surface area contributed by atoms with Gasteiger partial charge in [-0.3, -0.25) is 4.21 Å². The van der Waals surface area contributed by atoms with Crippen molar-refractivity contribution in [3.05, 3.63) is 16.9 Å². The molecule has 7 heteroatoms. The van der Waals surface area contributed by atoms with Crippen molar-refractivity contribution >= 4 is 34.8 Å². The zero-order valence-corrected chi connectivity index (χ0v) is 11.2. The third-order valence-corrected chi connectivity index (χ3v) is 4.04. The molecule has 0 spiro atoms. The Morgan fingerprint density at radius 1 is 1.56 bits per heavy atom. The summed E-state index contributed by atoms with van der Waals surface area (Å²) in [6.45, 7) is 3.50. The smallest absolute Gasteiger partial charge is 0.220 e. The number of aromatic nitrogens is 2. The Balaban J connectivity index is 0.00000128. The molecule has 0 bridgehead atoms. The summed E-state index contributed by atoms with van der Waals surface area (Å²) in [5.41, 5.74) is 0.754. The Kier molecular flexibility index (Phi) is 5.11. The maximum absolute atomic E-state index is 12.0. The fourth-order valence-electron chi connectivity index (χ4n) is 1.55. The lowest BCUT2D eigenvalue weighted by molar-refractivity contribution is 0.663. The van der Waals surface area contributed by atoms with Crippen molar-refractivity contribution in [2.45, 2.75) is 23.8 Å². The van der Waals surface area contributed by atoms with E-state index in [1.54, 1.807) is 6.07 Å². The lowest BCUT2D eigenvalue weighted by Crippen LogP contribution is -2.20. The molecule has 0 amide bonds. The van der Waals surface area contributed by atoms with Gasteiger partial charge >= 0.3 is 0 Å². The first-order valence-electron chi connectivity index (χ1n) is 4.79. The first kappa shape index (κ1) is 13.8. The van der Waals surface area contributed by atoms with Crippen LogP contribution in [0.4, 0.5) is 0 Å². The molecule has 1 fully saturated rings. The Bertz CT molecular complexity index is 376. The van der Waals surface area contributed by atoms with Crippen molar-refractivity contribution < 1.29 is 4.21 Å². The number of hydrogen-bond donors (Lipinski definition) is 1. The van der Waals surface area contributed by atoms with E-state index in [0.717, 1.165) is 25.2 Å². The average Bonchev–Trinajstić information content (AvgIpc) is 2.67. The minimum absolute atomic E-state index is 0. The fraction of sp³-hybridized carbons (Fsp3) is 0.556. The van der Waals surface area contributed by atoms with E-state index >= 15 is 0 Å². The first-order valence-corrected chi connectivity index (χ1v) is 6.38. The van der Waals surface area contributed by atoms with Gasteiger partial charge in [0.1, 0.15) is 5.15 Å². The summed E-state index contributed by atoms with van der Waals surface area (Å²) in [6.07, 6.45) is 0.904. The standard InChI is InChI=1S/C9H12ClN3OS.ClH/c1-6-4-8(10)13-9(12-6)15(14)7-2-3-11-5-7;/h4,7,11H,2-3,5H2,1H3;1H/t7-,15?;/m1./s1. The summed E-state index contributed by atoms with van der Waals surface area (Å²) < 4.78 is 12.0. The SMILES string of the molecule is Cc1cc(Cl)nc(S(=O)[C@@H]2CCNC2)n1.Cl. The zero-order valence-electron chi connectivity index (χ0n) is 8.77. The molecular weight excluding hydrogens is 269 g/mol. The third kappa shape index (κ3) is 3.13. The number of hydrogen-bond acceptors (Lipinski definition) is 4. The highest BCUT2D eigenvalue weighted by Crippen LogP contribution is 2.15. The first-order chi connectivity index (χ1) is 7.16. The van der Waals surface area contributed by atoms with Crippen LogP contribution in [0.25, 0.3) is 0 Å². The van der Waals surface area contributed by atoms with Crippen molar-refractivity contribution in [2.75, 3.05) is 13.1 Å². The highest BCUT2D eigenvalue weighted by Gasteiger charge is 2.24. The van der Waals surface area contributed by atoms with Gasteiger partial charge in [-0.05, 0) is 26.0 Å². The van der Waals surface area contributed by atoms with Crippen LogP contribution in [0.3, 0.4) is 0 Å². The topological polar surface area (TPSA) is 54.9 Å². The summed E-state index contributed by atoms with van der Waals surface area (Å²) >= 11 is 5.80. The fourth-order valence-corrected chi connectivity index (χ4v) is 3.16. The molecule has 0 aliphatic carbocycles. The van der Waals surface area contributed by atoms with Gasteiger partial charge in [0.15, 0.2) is 0 Å². The van der Waals surface area contributed by atoms with E-state index in [4.69, 9.17) is 11.6 Å². The molecule has 1 aliphatic rings. The lowest BCUT2D eigenvalue weighted by Gasteiger charge is -2.07. The molecule has 90 valence electrons. The van der Waals surface area contributed by atoms with Crippen molar-refractivity contribution in [1.82, 2.24) is 15.3 Å². The molecule has 1 aliphatic heterocycles. The molecule has 16 heavy (non-hydrogen) atoms. The Hall–Kier alpha value is -0.230. The number of aryl methyl sites for hydroxylation is 1. The van der Waals surface area contributed by atoms with Gasteiger partial charge in [-0.25, -0.2) is 9.97 Å². The van der Waals surface area contributed by atoms with Crippen LogP contribution < -0.4 is 5.32 Å². The van der Waals surface area contributed by atoms with Crippen molar-refractivity contribution in [3.63, 3.8) is 0 Å². The summed E-state index contributed by atoms with van der Waals surface area (Å²) in [7, 11) is -1.15. The number of halogens is 2. The molecule has 4 nitrogen and oxygen atoms in total. The van der Waals surface area contributed by atoms with Gasteiger partial charge in [-0.1, -0.05) is 11.6 Å². The van der Waals surface area contributed by atoms with E-state index in [1.807, 2.05) is 6.92 Å². The predicted molar refractivity (Wildman–Crippen MR) is 66.7 cm³/mol. The van der Waals surface area contributed by atoms with E-state index in [0.29, 0.717) is 10.3 Å². The van der Waals surface area contributed by atoms with E-state index in [1.165, 1.54) is 0 Å². The largest absolute Gasteiger partial charge is 0.315 e. The van der Waals surface area contributed by atoms with Gasteiger partial charge in [0.05, 0.1) is 16.0 Å². The molecule has 1 N–H and O–H groups in total. The highest BCUT2D eigenvalue weighted by molar-refractivity contribution is 7.85. The minimum atomic E-state index is -1.15. The van der Waals surface area contributed by atoms with Gasteiger partial charge in [0, 0.05) is 12.2 Å². The summed E-state index contributed by atoms with van der Waals surface area (Å²) in [5, 5.41) is 4.00. The van der Waals surface area contributed by atoms with Gasteiger partial charge in [0.25, 0.3) is 0 Å². The maximum Gasteiger partial charge on any atom is 0.220 e. The van der Waals surface area contributed by atoms with E-state index in [-0.39, 0.29) is 17.7 Å². The highest BCUT2D eigenvalue weighted by atomic mass is 35.5. The maximum atomic E-state index is 12.0. The molecule has 1 saturated heterocycles. The second-order valence-corrected chi connectivity index (χ2v) is 5.54. The van der Waals surface area contributed by atoms with Crippen LogP contribution in [0.2, 0.25) is 5.15 Å². The second-order valence-electron chi connectivity index (χ2n) is 3.53. The number of nitrogens with zero attached hydrogens (tertiary/aromatic N) is 2. The molecule has 1 aromatic rings. The minimum Gasteiger partial charge on any atom is -0.315 e. The van der Waals surface area contributed by atoms with Gasteiger partial charge in [0.2, 0.25) is 5.16 Å². The summed E-state index contributed by atoms with van der Waals surface area (Å²) in [5.74, 6) is 0. The number of nitrogens with one attached hydrogen (secondary N) is 1. The quantitative estimate of drug-likeness (QED) is 0.657. The van der Waals surface area contributed by atoms with Crippen molar-refractivity contribution in [2.24, 2.45) is 0 Å². The molecule has 0 saturated carbocycles. The molecular formula is C9H13Cl2N3OS. The predicted octanol–water partition coefficient (Wildman–Crippen LogP) is 1.33. The molecule has 1 aromatic heterocycles. The van der Waals surface area contributed by atoms with Crippen LogP contribution in [-0.4, -0.2) is 32.5 Å². The third-order valence-electron chi connectivity index (χ3n) is 2.30. The second kappa shape index (κ2) is 5.91. The zero-order chi connectivity index (χ0) is 10.8. The van der Waals surface area contributed by atoms with Gasteiger partial charge in [-0.15, -0.1) is 12.4 Å². The van der Waals surface area contributed by atoms with Gasteiger partial charge in [-0.2, -0.15) is 0 Å². The van der Waals surface area contributed by atoms with E-state index in [9.17, 15) is 4.21 Å². The summed E-state index contributed by atoms with van der Waals surface area (Å²) in [4.78, 5) is 8.16. The Morgan fingerprint density at radius 2 is 2.31 bits per heavy atom. The normalized spacial score (nSPS) is 21.5. The molecule has 2 atom stereocenters. The molecule has 2 rings (SSSR count). The summed E-state index contributed by atoms with van der Waals surface area (Å²) in [6, 6.07) is 1.66. The van der Waals surface area contributed by atoms with Crippen LogP contribution in [-0.2, 0) is 10.8 Å².